The van der Waals surface area contributed by atoms with Crippen LogP contribution < -0.4 is 10.5 Å². The third-order valence-corrected chi connectivity index (χ3v) is 2.83. The van der Waals surface area contributed by atoms with Gasteiger partial charge in [0.15, 0.2) is 24.0 Å². The summed E-state index contributed by atoms with van der Waals surface area (Å²) in [5.74, 6) is 0.789. The Kier molecular flexibility index (Phi) is 4.34. The van der Waals surface area contributed by atoms with Gasteiger partial charge in [-0.3, -0.25) is 0 Å². The molecule has 0 aliphatic carbocycles. The van der Waals surface area contributed by atoms with Gasteiger partial charge in [0.25, 0.3) is 5.89 Å². The minimum Gasteiger partial charge on any atom is -0.481 e. The van der Waals surface area contributed by atoms with Crippen molar-refractivity contribution >= 4 is 0 Å². The molecule has 1 aromatic carbocycles. The molecule has 2 N–H and O–H groups in total. The second-order valence-electron chi connectivity index (χ2n) is 4.97. The zero-order chi connectivity index (χ0) is 14.7. The van der Waals surface area contributed by atoms with Crippen LogP contribution >= 0.6 is 0 Å². The van der Waals surface area contributed by atoms with Gasteiger partial charge >= 0.3 is 0 Å². The van der Waals surface area contributed by atoms with E-state index in [0.29, 0.717) is 11.7 Å². The van der Waals surface area contributed by atoms with Gasteiger partial charge in [0.1, 0.15) is 0 Å². The average molecular weight is 279 g/mol. The summed E-state index contributed by atoms with van der Waals surface area (Å²) in [5.41, 5.74) is 6.41. The fraction of sp³-hybridized carbons (Fsp3) is 0.429. The highest BCUT2D eigenvalue weighted by Gasteiger charge is 2.12. The summed E-state index contributed by atoms with van der Waals surface area (Å²) in [7, 11) is 0. The van der Waals surface area contributed by atoms with Crippen molar-refractivity contribution in [2.75, 3.05) is 0 Å². The molecule has 0 radical (unpaired) electrons. The van der Waals surface area contributed by atoms with Crippen LogP contribution in [-0.4, -0.2) is 10.1 Å². The van der Waals surface area contributed by atoms with E-state index in [9.17, 15) is 4.39 Å². The zero-order valence-corrected chi connectivity index (χ0v) is 11.8. The number of benzene rings is 1. The Bertz CT molecular complexity index is 582. The molecule has 108 valence electrons. The van der Waals surface area contributed by atoms with Crippen LogP contribution in [0.1, 0.15) is 50.0 Å². The molecule has 0 aliphatic rings. The Balaban J connectivity index is 2.03. The number of hydrogen-bond acceptors (Lipinski definition) is 5. The molecule has 0 saturated heterocycles. The minimum atomic E-state index is -0.455. The van der Waals surface area contributed by atoms with Gasteiger partial charge in [0.05, 0.1) is 0 Å². The molecule has 6 heteroatoms. The first-order valence-electron chi connectivity index (χ1n) is 6.47. The van der Waals surface area contributed by atoms with Crippen LogP contribution in [0.15, 0.2) is 22.7 Å². The van der Waals surface area contributed by atoms with E-state index >= 15 is 0 Å². The van der Waals surface area contributed by atoms with Crippen molar-refractivity contribution in [3.8, 4) is 5.75 Å². The smallest absolute Gasteiger partial charge is 0.264 e. The summed E-state index contributed by atoms with van der Waals surface area (Å²) in [6.45, 7) is 5.75. The number of nitrogens with two attached hydrogens (primary N) is 1. The van der Waals surface area contributed by atoms with Crippen LogP contribution in [0.2, 0.25) is 0 Å². The van der Waals surface area contributed by atoms with Gasteiger partial charge in [-0.25, -0.2) is 4.39 Å². The molecule has 2 aromatic rings. The van der Waals surface area contributed by atoms with Crippen molar-refractivity contribution in [1.29, 1.82) is 0 Å². The summed E-state index contributed by atoms with van der Waals surface area (Å²) in [5, 5.41) is 3.81. The average Bonchev–Trinajstić information content (AvgIpc) is 2.86. The number of aromatic nitrogens is 2. The lowest BCUT2D eigenvalue weighted by atomic mass is 10.1. The third-order valence-electron chi connectivity index (χ3n) is 2.83. The maximum Gasteiger partial charge on any atom is 0.264 e. The van der Waals surface area contributed by atoms with E-state index in [0.717, 1.165) is 5.56 Å². The van der Waals surface area contributed by atoms with Crippen LogP contribution in [-0.2, 0) is 6.61 Å². The van der Waals surface area contributed by atoms with Crippen molar-refractivity contribution < 1.29 is 13.7 Å². The molecule has 1 atom stereocenters. The number of rotatable bonds is 5. The summed E-state index contributed by atoms with van der Waals surface area (Å²) < 4.78 is 24.2. The van der Waals surface area contributed by atoms with E-state index in [1.54, 1.807) is 19.1 Å². The van der Waals surface area contributed by atoms with Crippen molar-refractivity contribution in [2.24, 2.45) is 5.73 Å². The van der Waals surface area contributed by atoms with Gasteiger partial charge in [-0.05, 0) is 24.6 Å². The number of hydrogen-bond donors (Lipinski definition) is 1. The molecule has 1 aromatic heterocycles. The summed E-state index contributed by atoms with van der Waals surface area (Å²) in [6.07, 6.45) is 0. The van der Waals surface area contributed by atoms with Gasteiger partial charge in [-0.2, -0.15) is 4.98 Å². The van der Waals surface area contributed by atoms with Crippen molar-refractivity contribution in [3.63, 3.8) is 0 Å². The fourth-order valence-electron chi connectivity index (χ4n) is 1.62. The maximum atomic E-state index is 13.8. The van der Waals surface area contributed by atoms with E-state index in [-0.39, 0.29) is 24.3 Å². The third kappa shape index (κ3) is 3.33. The van der Waals surface area contributed by atoms with Gasteiger partial charge < -0.3 is 15.0 Å². The van der Waals surface area contributed by atoms with Crippen LogP contribution in [0.5, 0.6) is 5.75 Å². The standard InChI is InChI=1S/C14H18FN3O2/c1-8(2)14-17-13(20-18-14)7-19-12-5-4-10(9(3)16)6-11(12)15/h4-6,8-9H,7,16H2,1-3H3/t9-/m1/s1. The highest BCUT2D eigenvalue weighted by Crippen LogP contribution is 2.22. The summed E-state index contributed by atoms with van der Waals surface area (Å²) >= 11 is 0. The lowest BCUT2D eigenvalue weighted by molar-refractivity contribution is 0.234. The summed E-state index contributed by atoms with van der Waals surface area (Å²) in [6, 6.07) is 4.43. The lowest BCUT2D eigenvalue weighted by Gasteiger charge is -2.09. The summed E-state index contributed by atoms with van der Waals surface area (Å²) in [4.78, 5) is 4.16. The molecule has 2 rings (SSSR count). The molecule has 0 spiro atoms. The van der Waals surface area contributed by atoms with Crippen molar-refractivity contribution in [2.45, 2.75) is 39.3 Å². The van der Waals surface area contributed by atoms with Crippen molar-refractivity contribution in [3.05, 3.63) is 41.3 Å². The molecule has 0 saturated carbocycles. The van der Waals surface area contributed by atoms with Crippen LogP contribution in [0.4, 0.5) is 4.39 Å². The first-order chi connectivity index (χ1) is 9.47. The number of nitrogens with zero attached hydrogens (tertiary/aromatic N) is 2. The highest BCUT2D eigenvalue weighted by atomic mass is 19.1. The Morgan fingerprint density at radius 3 is 2.65 bits per heavy atom. The van der Waals surface area contributed by atoms with Gasteiger partial charge in [0, 0.05) is 12.0 Å². The fourth-order valence-corrected chi connectivity index (χ4v) is 1.62. The molecule has 0 fully saturated rings. The predicted molar refractivity (Wildman–Crippen MR) is 71.7 cm³/mol. The molecule has 0 amide bonds. The Morgan fingerprint density at radius 2 is 2.10 bits per heavy atom. The largest absolute Gasteiger partial charge is 0.481 e. The highest BCUT2D eigenvalue weighted by molar-refractivity contribution is 5.30. The van der Waals surface area contributed by atoms with E-state index in [4.69, 9.17) is 15.0 Å². The Morgan fingerprint density at radius 1 is 1.35 bits per heavy atom. The zero-order valence-electron chi connectivity index (χ0n) is 11.8. The number of halogens is 1. The quantitative estimate of drug-likeness (QED) is 0.910. The molecular weight excluding hydrogens is 261 g/mol. The minimum absolute atomic E-state index is 0.0359. The molecule has 20 heavy (non-hydrogen) atoms. The van der Waals surface area contributed by atoms with Gasteiger partial charge in [-0.1, -0.05) is 25.1 Å². The lowest BCUT2D eigenvalue weighted by Crippen LogP contribution is -2.06. The van der Waals surface area contributed by atoms with Crippen LogP contribution in [0, 0.1) is 5.82 Å². The van der Waals surface area contributed by atoms with E-state index in [2.05, 4.69) is 10.1 Å². The molecule has 5 nitrogen and oxygen atoms in total. The van der Waals surface area contributed by atoms with Crippen LogP contribution in [0.25, 0.3) is 0 Å². The Hall–Kier alpha value is -1.95. The first kappa shape index (κ1) is 14.5. The van der Waals surface area contributed by atoms with E-state index < -0.39 is 5.82 Å². The second kappa shape index (κ2) is 6.00. The SMILES string of the molecule is CC(C)c1noc(COc2ccc([C@@H](C)N)cc2F)n1. The molecule has 0 bridgehead atoms. The van der Waals surface area contributed by atoms with Gasteiger partial charge in [-0.15, -0.1) is 0 Å². The van der Waals surface area contributed by atoms with E-state index in [1.807, 2.05) is 13.8 Å². The Labute approximate surface area is 116 Å². The molecular formula is C14H18FN3O2. The predicted octanol–water partition coefficient (Wildman–Crippen LogP) is 2.93. The van der Waals surface area contributed by atoms with Crippen LogP contribution in [0.3, 0.4) is 0 Å². The maximum absolute atomic E-state index is 13.8. The van der Waals surface area contributed by atoms with Crippen molar-refractivity contribution in [1.82, 2.24) is 10.1 Å². The topological polar surface area (TPSA) is 74.2 Å². The monoisotopic (exact) mass is 279 g/mol. The molecule has 0 unspecified atom stereocenters. The number of ether oxygens (including phenoxy) is 1. The molecule has 1 heterocycles. The molecule has 0 aliphatic heterocycles. The van der Waals surface area contributed by atoms with E-state index in [1.165, 1.54) is 6.07 Å². The van der Waals surface area contributed by atoms with Gasteiger partial charge in [0.2, 0.25) is 0 Å². The second-order valence-corrected chi connectivity index (χ2v) is 4.97. The normalized spacial score (nSPS) is 12.7. The first-order valence-corrected chi connectivity index (χ1v) is 6.47.